The number of nitrogens with two attached hydrogens (primary N) is 4. The summed E-state index contributed by atoms with van der Waals surface area (Å²) in [5.41, 5.74) is 24.7. The predicted molar refractivity (Wildman–Crippen MR) is 81.5 cm³/mol. The fourth-order valence-corrected chi connectivity index (χ4v) is 1.60. The maximum Gasteiger partial charge on any atom is 0.122 e. The van der Waals surface area contributed by atoms with Crippen molar-refractivity contribution in [3.63, 3.8) is 0 Å². The lowest BCUT2D eigenvalue weighted by atomic mass is 10.2. The quantitative estimate of drug-likeness (QED) is 0.483. The highest BCUT2D eigenvalue weighted by Crippen LogP contribution is 2.22. The van der Waals surface area contributed by atoms with Crippen LogP contribution in [0.4, 0.5) is 22.7 Å². The summed E-state index contributed by atoms with van der Waals surface area (Å²) in [5.74, 6) is 1.30. The van der Waals surface area contributed by atoms with Gasteiger partial charge in [0.2, 0.25) is 0 Å². The second kappa shape index (κ2) is 5.92. The Balaban J connectivity index is 1.81. The van der Waals surface area contributed by atoms with E-state index in [1.165, 1.54) is 0 Å². The molecule has 0 saturated carbocycles. The molecule has 0 unspecified atom stereocenters. The summed E-state index contributed by atoms with van der Waals surface area (Å²) in [6.45, 7) is 0.765. The first-order valence-corrected chi connectivity index (χ1v) is 6.12. The van der Waals surface area contributed by atoms with Crippen LogP contribution in [0.1, 0.15) is 0 Å². The van der Waals surface area contributed by atoms with Gasteiger partial charge in [-0.15, -0.1) is 0 Å². The number of nitrogen functional groups attached to an aromatic ring is 4. The molecular weight excluding hydrogens is 256 g/mol. The molecule has 0 heterocycles. The predicted octanol–water partition coefficient (Wildman–Crippen LogP) is 1.47. The van der Waals surface area contributed by atoms with Crippen molar-refractivity contribution < 1.29 is 9.47 Å². The van der Waals surface area contributed by atoms with E-state index in [1.807, 2.05) is 0 Å². The molecule has 0 amide bonds. The molecule has 0 aliphatic carbocycles. The van der Waals surface area contributed by atoms with E-state index in [0.717, 1.165) is 0 Å². The average molecular weight is 274 g/mol. The molecule has 0 spiro atoms. The zero-order valence-corrected chi connectivity index (χ0v) is 11.0. The van der Waals surface area contributed by atoms with Gasteiger partial charge in [0.1, 0.15) is 24.7 Å². The topological polar surface area (TPSA) is 123 Å². The Morgan fingerprint density at radius 2 is 1.00 bits per heavy atom. The van der Waals surface area contributed by atoms with Crippen LogP contribution < -0.4 is 32.4 Å². The number of rotatable bonds is 5. The molecule has 0 saturated heterocycles. The second-order valence-electron chi connectivity index (χ2n) is 4.28. The van der Waals surface area contributed by atoms with Crippen molar-refractivity contribution >= 4 is 22.7 Å². The van der Waals surface area contributed by atoms with Crippen molar-refractivity contribution in [3.8, 4) is 11.5 Å². The zero-order chi connectivity index (χ0) is 14.5. The second-order valence-corrected chi connectivity index (χ2v) is 4.28. The molecule has 106 valence electrons. The molecule has 0 aliphatic heterocycles. The Labute approximate surface area is 117 Å². The summed E-state index contributed by atoms with van der Waals surface area (Å²) in [7, 11) is 0. The van der Waals surface area contributed by atoms with Gasteiger partial charge in [0.25, 0.3) is 0 Å². The van der Waals surface area contributed by atoms with Crippen LogP contribution in [0.5, 0.6) is 11.5 Å². The number of hydrogen-bond acceptors (Lipinski definition) is 6. The zero-order valence-electron chi connectivity index (χ0n) is 11.0. The maximum atomic E-state index is 5.68. The van der Waals surface area contributed by atoms with Gasteiger partial charge in [-0.05, 0) is 24.3 Å². The van der Waals surface area contributed by atoms with Crippen molar-refractivity contribution in [2.75, 3.05) is 36.1 Å². The van der Waals surface area contributed by atoms with E-state index in [9.17, 15) is 0 Å². The van der Waals surface area contributed by atoms with Crippen LogP contribution in [-0.2, 0) is 0 Å². The van der Waals surface area contributed by atoms with Gasteiger partial charge in [-0.1, -0.05) is 0 Å². The minimum absolute atomic E-state index is 0.383. The highest BCUT2D eigenvalue weighted by molar-refractivity contribution is 5.65. The van der Waals surface area contributed by atoms with Crippen molar-refractivity contribution in [2.45, 2.75) is 0 Å². The van der Waals surface area contributed by atoms with E-state index in [4.69, 9.17) is 32.4 Å². The van der Waals surface area contributed by atoms with Gasteiger partial charge >= 0.3 is 0 Å². The van der Waals surface area contributed by atoms with Crippen LogP contribution in [0.3, 0.4) is 0 Å². The third-order valence-electron chi connectivity index (χ3n) is 2.74. The fraction of sp³-hybridized carbons (Fsp3) is 0.143. The van der Waals surface area contributed by atoms with Crippen molar-refractivity contribution in [1.29, 1.82) is 0 Å². The number of benzene rings is 2. The average Bonchev–Trinajstić information content (AvgIpc) is 2.42. The van der Waals surface area contributed by atoms with Crippen LogP contribution in [-0.4, -0.2) is 13.2 Å². The van der Waals surface area contributed by atoms with Crippen LogP contribution in [0, 0.1) is 0 Å². The van der Waals surface area contributed by atoms with E-state index in [-0.39, 0.29) is 0 Å². The van der Waals surface area contributed by atoms with E-state index < -0.39 is 0 Å². The molecular formula is C14H18N4O2. The molecule has 6 nitrogen and oxygen atoms in total. The van der Waals surface area contributed by atoms with Gasteiger partial charge in [0.15, 0.2) is 0 Å². The summed E-state index contributed by atoms with van der Waals surface area (Å²) >= 11 is 0. The van der Waals surface area contributed by atoms with Gasteiger partial charge in [-0.3, -0.25) is 0 Å². The molecule has 0 bridgehead atoms. The third kappa shape index (κ3) is 3.38. The lowest BCUT2D eigenvalue weighted by molar-refractivity contribution is 0.217. The Morgan fingerprint density at radius 1 is 0.600 bits per heavy atom. The molecule has 20 heavy (non-hydrogen) atoms. The number of anilines is 4. The smallest absolute Gasteiger partial charge is 0.122 e. The first-order valence-electron chi connectivity index (χ1n) is 6.12. The lowest BCUT2D eigenvalue weighted by Gasteiger charge is -2.10. The monoisotopic (exact) mass is 274 g/mol. The first kappa shape index (κ1) is 13.7. The third-order valence-corrected chi connectivity index (χ3v) is 2.74. The van der Waals surface area contributed by atoms with Gasteiger partial charge in [-0.2, -0.15) is 0 Å². The fourth-order valence-electron chi connectivity index (χ4n) is 1.60. The van der Waals surface area contributed by atoms with E-state index in [0.29, 0.717) is 47.5 Å². The lowest BCUT2D eigenvalue weighted by Crippen LogP contribution is -2.09. The van der Waals surface area contributed by atoms with Gasteiger partial charge < -0.3 is 32.4 Å². The Bertz CT molecular complexity index is 548. The van der Waals surface area contributed by atoms with Crippen LogP contribution in [0.25, 0.3) is 0 Å². The molecule has 0 radical (unpaired) electrons. The summed E-state index contributed by atoms with van der Waals surface area (Å²) < 4.78 is 11.0. The van der Waals surface area contributed by atoms with E-state index >= 15 is 0 Å². The minimum atomic E-state index is 0.383. The standard InChI is InChI=1S/C14H18N4O2/c15-11-3-1-9(7-13(11)17)19-5-6-20-10-2-4-12(16)14(18)8-10/h1-4,7-8H,5-6,15-18H2. The molecule has 8 N–H and O–H groups in total. The Hall–Kier alpha value is -2.76. The van der Waals surface area contributed by atoms with E-state index in [1.54, 1.807) is 36.4 Å². The molecule has 0 aromatic heterocycles. The highest BCUT2D eigenvalue weighted by atomic mass is 16.5. The summed E-state index contributed by atoms with van der Waals surface area (Å²) in [6, 6.07) is 10.3. The minimum Gasteiger partial charge on any atom is -0.490 e. The normalized spacial score (nSPS) is 10.2. The van der Waals surface area contributed by atoms with Gasteiger partial charge in [-0.25, -0.2) is 0 Å². The first-order chi connectivity index (χ1) is 9.56. The Morgan fingerprint density at radius 3 is 1.35 bits per heavy atom. The molecule has 2 aromatic carbocycles. The maximum absolute atomic E-state index is 5.68. The Kier molecular flexibility index (Phi) is 4.05. The SMILES string of the molecule is Nc1ccc(OCCOc2ccc(N)c(N)c2)cc1N. The highest BCUT2D eigenvalue weighted by Gasteiger charge is 2.00. The molecule has 6 heteroatoms. The molecule has 0 aliphatic rings. The molecule has 0 atom stereocenters. The molecule has 0 fully saturated rings. The summed E-state index contributed by atoms with van der Waals surface area (Å²) in [6.07, 6.45) is 0. The van der Waals surface area contributed by atoms with E-state index in [2.05, 4.69) is 0 Å². The molecule has 2 rings (SSSR count). The van der Waals surface area contributed by atoms with Gasteiger partial charge in [0.05, 0.1) is 22.7 Å². The van der Waals surface area contributed by atoms with Crippen molar-refractivity contribution in [2.24, 2.45) is 0 Å². The van der Waals surface area contributed by atoms with Crippen LogP contribution in [0.2, 0.25) is 0 Å². The van der Waals surface area contributed by atoms with Gasteiger partial charge in [0, 0.05) is 12.1 Å². The number of ether oxygens (including phenoxy) is 2. The van der Waals surface area contributed by atoms with Crippen molar-refractivity contribution in [1.82, 2.24) is 0 Å². The van der Waals surface area contributed by atoms with Crippen molar-refractivity contribution in [3.05, 3.63) is 36.4 Å². The largest absolute Gasteiger partial charge is 0.490 e. The summed E-state index contributed by atoms with van der Waals surface area (Å²) in [5, 5.41) is 0. The number of hydrogen-bond donors (Lipinski definition) is 4. The van der Waals surface area contributed by atoms with Crippen LogP contribution in [0.15, 0.2) is 36.4 Å². The summed E-state index contributed by atoms with van der Waals surface area (Å²) in [4.78, 5) is 0. The van der Waals surface area contributed by atoms with Crippen LogP contribution >= 0.6 is 0 Å². The molecule has 2 aromatic rings.